The van der Waals surface area contributed by atoms with Crippen LogP contribution in [0.1, 0.15) is 136 Å². The minimum absolute atomic E-state index is 0.148. The molecule has 0 rings (SSSR count). The number of ether oxygens (including phenoxy) is 3. The lowest BCUT2D eigenvalue weighted by molar-refractivity contribution is -0.167. The molecule has 69 heavy (non-hydrogen) atoms. The number of rotatable bonds is 41. The van der Waals surface area contributed by atoms with Gasteiger partial charge in [-0.05, 0) is 77.0 Å². The van der Waals surface area contributed by atoms with E-state index in [2.05, 4.69) is 57.2 Å². The summed E-state index contributed by atoms with van der Waals surface area (Å²) >= 11 is 0. The lowest BCUT2D eigenvalue weighted by Gasteiger charge is -2.18. The van der Waals surface area contributed by atoms with Crippen molar-refractivity contribution in [2.24, 2.45) is 0 Å². The molecule has 0 aliphatic heterocycles. The van der Waals surface area contributed by atoms with E-state index in [0.717, 1.165) is 77.0 Å². The molecule has 0 aromatic heterocycles. The number of allylic oxidation sites excluding steroid dienone is 36. The van der Waals surface area contributed by atoms with Crippen molar-refractivity contribution in [3.05, 3.63) is 219 Å². The Morgan fingerprint density at radius 1 is 0.290 bits per heavy atom. The van der Waals surface area contributed by atoms with E-state index in [4.69, 9.17) is 14.2 Å². The van der Waals surface area contributed by atoms with Crippen molar-refractivity contribution in [2.75, 3.05) is 13.2 Å². The first-order valence-electron chi connectivity index (χ1n) is 25.5. The van der Waals surface area contributed by atoms with Crippen LogP contribution in [0.3, 0.4) is 0 Å². The number of hydrogen-bond donors (Lipinski definition) is 0. The van der Waals surface area contributed by atoms with Crippen molar-refractivity contribution in [1.82, 2.24) is 0 Å². The molecule has 6 heteroatoms. The fraction of sp³-hybridized carbons (Fsp3) is 0.381. The molecule has 0 aromatic carbocycles. The molecule has 0 heterocycles. The summed E-state index contributed by atoms with van der Waals surface area (Å²) in [6.07, 6.45) is 86.2. The van der Waals surface area contributed by atoms with Gasteiger partial charge in [0.25, 0.3) is 0 Å². The van der Waals surface area contributed by atoms with Crippen LogP contribution in [0.15, 0.2) is 219 Å². The molecule has 0 aromatic rings. The highest BCUT2D eigenvalue weighted by Gasteiger charge is 2.19. The standard InChI is InChI=1S/C63H86O6/c1-4-7-10-13-16-19-22-25-27-29-31-33-35-38-41-44-47-50-53-56-62(65)68-59-60(58-67-61(64)55-52-49-46-43-40-37-24-21-18-15-12-9-6-3)69-63(66)57-54-51-48-45-42-39-36-34-32-30-28-26-23-20-17-14-11-8-5-2/h7-42,60H,4-6,43-59H2,1-3H3/b10-7-,11-8-,12-9-,16-13-,17-14-,18-15-,22-19-,23-20-,24-21-,27-25-,28-26-,31-29+,32-30+,35-33-,36-34-,40-37-,41-38-,42-39-. The Balaban J connectivity index is 4.72. The van der Waals surface area contributed by atoms with Crippen molar-refractivity contribution >= 4 is 17.9 Å². The van der Waals surface area contributed by atoms with E-state index in [1.807, 2.05) is 182 Å². The van der Waals surface area contributed by atoms with Gasteiger partial charge in [-0.25, -0.2) is 0 Å². The van der Waals surface area contributed by atoms with E-state index in [1.165, 1.54) is 0 Å². The zero-order valence-electron chi connectivity index (χ0n) is 42.5. The molecule has 0 amide bonds. The van der Waals surface area contributed by atoms with Crippen LogP contribution in [0.5, 0.6) is 0 Å². The maximum Gasteiger partial charge on any atom is 0.306 e. The summed E-state index contributed by atoms with van der Waals surface area (Å²) in [5.74, 6) is -1.10. The predicted molar refractivity (Wildman–Crippen MR) is 296 cm³/mol. The van der Waals surface area contributed by atoms with Gasteiger partial charge < -0.3 is 14.2 Å². The first-order valence-corrected chi connectivity index (χ1v) is 25.5. The summed E-state index contributed by atoms with van der Waals surface area (Å²) in [6.45, 7) is 6.04. The second-order valence-electron chi connectivity index (χ2n) is 15.7. The Hall–Kier alpha value is -6.27. The number of carbonyl (C=O) groups excluding carboxylic acids is 3. The molecule has 1 unspecified atom stereocenters. The van der Waals surface area contributed by atoms with Gasteiger partial charge in [0.05, 0.1) is 0 Å². The third-order valence-corrected chi connectivity index (χ3v) is 9.44. The first kappa shape index (κ1) is 62.7. The highest BCUT2D eigenvalue weighted by molar-refractivity contribution is 5.71. The summed E-state index contributed by atoms with van der Waals surface area (Å²) < 4.78 is 16.7. The van der Waals surface area contributed by atoms with Crippen molar-refractivity contribution in [1.29, 1.82) is 0 Å². The normalized spacial score (nSPS) is 14.0. The minimum Gasteiger partial charge on any atom is -0.462 e. The lowest BCUT2D eigenvalue weighted by Crippen LogP contribution is -2.30. The highest BCUT2D eigenvalue weighted by atomic mass is 16.6. The van der Waals surface area contributed by atoms with E-state index in [1.54, 1.807) is 0 Å². The molecule has 0 saturated heterocycles. The number of carbonyl (C=O) groups is 3. The summed E-state index contributed by atoms with van der Waals surface area (Å²) in [5, 5.41) is 0. The molecule has 1 atom stereocenters. The van der Waals surface area contributed by atoms with Gasteiger partial charge in [0.2, 0.25) is 0 Å². The average Bonchev–Trinajstić information content (AvgIpc) is 3.35. The summed E-state index contributed by atoms with van der Waals surface area (Å²) in [4.78, 5) is 38.0. The fourth-order valence-electron chi connectivity index (χ4n) is 5.71. The zero-order chi connectivity index (χ0) is 50.0. The predicted octanol–water partition coefficient (Wildman–Crippen LogP) is 17.1. The highest BCUT2D eigenvalue weighted by Crippen LogP contribution is 2.10. The molecule has 0 saturated carbocycles. The number of esters is 3. The molecule has 0 radical (unpaired) electrons. The van der Waals surface area contributed by atoms with Crippen molar-refractivity contribution in [3.8, 4) is 0 Å². The quantitative estimate of drug-likeness (QED) is 0.0263. The number of hydrogen-bond acceptors (Lipinski definition) is 6. The van der Waals surface area contributed by atoms with Gasteiger partial charge in [0, 0.05) is 19.3 Å². The van der Waals surface area contributed by atoms with Crippen LogP contribution in [-0.4, -0.2) is 37.2 Å². The Morgan fingerprint density at radius 2 is 0.522 bits per heavy atom. The van der Waals surface area contributed by atoms with Gasteiger partial charge in [0.1, 0.15) is 13.2 Å². The van der Waals surface area contributed by atoms with Crippen LogP contribution in [0.25, 0.3) is 0 Å². The van der Waals surface area contributed by atoms with Gasteiger partial charge in [-0.15, -0.1) is 0 Å². The minimum atomic E-state index is -0.853. The maximum atomic E-state index is 12.8. The van der Waals surface area contributed by atoms with Gasteiger partial charge in [-0.1, -0.05) is 259 Å². The molecule has 0 aliphatic rings. The van der Waals surface area contributed by atoms with E-state index in [0.29, 0.717) is 19.3 Å². The second kappa shape index (κ2) is 54.3. The third-order valence-electron chi connectivity index (χ3n) is 9.44. The van der Waals surface area contributed by atoms with Crippen LogP contribution in [-0.2, 0) is 28.6 Å². The van der Waals surface area contributed by atoms with Crippen LogP contribution >= 0.6 is 0 Å². The third kappa shape index (κ3) is 52.6. The van der Waals surface area contributed by atoms with E-state index < -0.39 is 12.1 Å². The Bertz CT molecular complexity index is 1840. The van der Waals surface area contributed by atoms with Crippen LogP contribution in [0, 0.1) is 0 Å². The average molecular weight is 939 g/mol. The van der Waals surface area contributed by atoms with Gasteiger partial charge in [-0.3, -0.25) is 14.4 Å². The van der Waals surface area contributed by atoms with Crippen molar-refractivity contribution in [2.45, 2.75) is 142 Å². The molecule has 0 N–H and O–H groups in total. The molecule has 0 spiro atoms. The van der Waals surface area contributed by atoms with Gasteiger partial charge in [0.15, 0.2) is 6.10 Å². The van der Waals surface area contributed by atoms with Crippen LogP contribution in [0.4, 0.5) is 0 Å². The molecule has 0 aliphatic carbocycles. The molecule has 0 bridgehead atoms. The van der Waals surface area contributed by atoms with E-state index in [9.17, 15) is 14.4 Å². The SMILES string of the molecule is CC\C=C/C=C\C=C/C=C\C=C\C=C/C=C\CCCCCC(=O)OCC(COC(=O)CCCCC\C=C/C=C\C=C/C=C\CC)OC(=O)CCCCC\C=C/C=C\C=C\C=C/C=C\C=C/C=C\CC. The largest absolute Gasteiger partial charge is 0.462 e. The maximum absolute atomic E-state index is 12.8. The van der Waals surface area contributed by atoms with Crippen LogP contribution in [0.2, 0.25) is 0 Å². The van der Waals surface area contributed by atoms with Crippen LogP contribution < -0.4 is 0 Å². The fourth-order valence-corrected chi connectivity index (χ4v) is 5.71. The Morgan fingerprint density at radius 3 is 0.783 bits per heavy atom. The molecule has 374 valence electrons. The first-order chi connectivity index (χ1) is 34.0. The smallest absolute Gasteiger partial charge is 0.306 e. The van der Waals surface area contributed by atoms with Gasteiger partial charge in [-0.2, -0.15) is 0 Å². The molecular weight excluding hydrogens is 853 g/mol. The Labute approximate surface area is 419 Å². The zero-order valence-corrected chi connectivity index (χ0v) is 42.5. The van der Waals surface area contributed by atoms with E-state index in [-0.39, 0.29) is 44.4 Å². The lowest BCUT2D eigenvalue weighted by atomic mass is 10.1. The molecule has 0 fully saturated rings. The molecule has 6 nitrogen and oxygen atoms in total. The summed E-state index contributed by atoms with van der Waals surface area (Å²) in [6, 6.07) is 0. The van der Waals surface area contributed by atoms with Crippen molar-refractivity contribution < 1.29 is 28.6 Å². The van der Waals surface area contributed by atoms with Gasteiger partial charge >= 0.3 is 17.9 Å². The Kier molecular flexibility index (Phi) is 49.4. The summed E-state index contributed by atoms with van der Waals surface area (Å²) in [7, 11) is 0. The monoisotopic (exact) mass is 939 g/mol. The van der Waals surface area contributed by atoms with Crippen molar-refractivity contribution in [3.63, 3.8) is 0 Å². The number of unbranched alkanes of at least 4 members (excludes halogenated alkanes) is 9. The topological polar surface area (TPSA) is 78.9 Å². The second-order valence-corrected chi connectivity index (χ2v) is 15.7. The van der Waals surface area contributed by atoms with E-state index >= 15 is 0 Å². The molecular formula is C63H86O6. The summed E-state index contributed by atoms with van der Waals surface area (Å²) in [5.41, 5.74) is 0.